The highest BCUT2D eigenvalue weighted by molar-refractivity contribution is 7.99. The molecule has 0 saturated carbocycles. The molecule has 1 aliphatic carbocycles. The van der Waals surface area contributed by atoms with Gasteiger partial charge in [-0.2, -0.15) is 0 Å². The first-order valence-corrected chi connectivity index (χ1v) is 12.4. The Labute approximate surface area is 198 Å². The number of thioether (sulfide) groups is 1. The number of aryl methyl sites for hydroxylation is 2. The minimum atomic E-state index is -0.582. The first-order valence-electron chi connectivity index (χ1n) is 10.3. The summed E-state index contributed by atoms with van der Waals surface area (Å²) in [6.07, 6.45) is 2.86. The van der Waals surface area contributed by atoms with E-state index in [-0.39, 0.29) is 11.3 Å². The number of carbonyl (C=O) groups is 2. The number of nitrogens with one attached hydrogen (secondary N) is 2. The van der Waals surface area contributed by atoms with E-state index in [1.807, 2.05) is 19.1 Å². The van der Waals surface area contributed by atoms with Crippen LogP contribution in [0.2, 0.25) is 5.02 Å². The number of carbonyl (C=O) groups excluding carboxylic acids is 2. The second-order valence-corrected chi connectivity index (χ2v) is 10.3. The zero-order valence-corrected chi connectivity index (χ0v) is 20.3. The maximum absolute atomic E-state index is 13.7. The molecule has 7 nitrogen and oxygen atoms in total. The van der Waals surface area contributed by atoms with Crippen LogP contribution in [0.1, 0.15) is 29.3 Å². The first-order chi connectivity index (χ1) is 15.3. The number of imide groups is 1. The Morgan fingerprint density at radius 2 is 2.16 bits per heavy atom. The van der Waals surface area contributed by atoms with E-state index in [9.17, 15) is 14.4 Å². The van der Waals surface area contributed by atoms with Gasteiger partial charge < -0.3 is 5.32 Å². The molecule has 2 N–H and O–H groups in total. The molecule has 32 heavy (non-hydrogen) atoms. The topological polar surface area (TPSA) is 93.1 Å². The van der Waals surface area contributed by atoms with Crippen LogP contribution in [-0.4, -0.2) is 34.3 Å². The summed E-state index contributed by atoms with van der Waals surface area (Å²) >= 11 is 9.02. The first kappa shape index (κ1) is 22.8. The molecular weight excluding hydrogens is 468 g/mol. The molecule has 4 rings (SSSR count). The van der Waals surface area contributed by atoms with Gasteiger partial charge in [0.2, 0.25) is 5.91 Å². The molecule has 2 heterocycles. The molecule has 10 heteroatoms. The maximum atomic E-state index is 13.7. The molecule has 168 valence electrons. The SMILES string of the molecule is CNC(=O)NC(=O)CSc1nc2sc3c(c2c(=O)n1-c1ccc(C)c(Cl)c1)CCC(C)C3. The van der Waals surface area contributed by atoms with E-state index in [0.717, 1.165) is 42.2 Å². The van der Waals surface area contributed by atoms with Crippen LogP contribution in [0.15, 0.2) is 28.2 Å². The Bertz CT molecular complexity index is 1280. The number of fused-ring (bicyclic) bond motifs is 3. The molecule has 1 atom stereocenters. The van der Waals surface area contributed by atoms with Crippen LogP contribution in [0.5, 0.6) is 0 Å². The lowest BCUT2D eigenvalue weighted by Gasteiger charge is -2.18. The number of hydrogen-bond donors (Lipinski definition) is 2. The van der Waals surface area contributed by atoms with Crippen LogP contribution in [0, 0.1) is 12.8 Å². The van der Waals surface area contributed by atoms with Crippen molar-refractivity contribution in [3.8, 4) is 5.69 Å². The second kappa shape index (κ2) is 9.25. The summed E-state index contributed by atoms with van der Waals surface area (Å²) in [5.74, 6) is 0.0417. The van der Waals surface area contributed by atoms with Gasteiger partial charge in [-0.25, -0.2) is 9.78 Å². The van der Waals surface area contributed by atoms with Crippen LogP contribution in [0.3, 0.4) is 0 Å². The highest BCUT2D eigenvalue weighted by atomic mass is 35.5. The van der Waals surface area contributed by atoms with Gasteiger partial charge in [0.25, 0.3) is 5.56 Å². The fourth-order valence-corrected chi connectivity index (χ4v) is 6.18. The third-order valence-corrected chi connectivity index (χ3v) is 8.02. The molecule has 0 fully saturated rings. The van der Waals surface area contributed by atoms with Gasteiger partial charge >= 0.3 is 6.03 Å². The van der Waals surface area contributed by atoms with Crippen molar-refractivity contribution in [3.63, 3.8) is 0 Å². The summed E-state index contributed by atoms with van der Waals surface area (Å²) in [6, 6.07) is 4.83. The monoisotopic (exact) mass is 490 g/mol. The second-order valence-electron chi connectivity index (χ2n) is 7.92. The highest BCUT2D eigenvalue weighted by Gasteiger charge is 2.25. The average Bonchev–Trinajstić information content (AvgIpc) is 3.11. The van der Waals surface area contributed by atoms with Crippen LogP contribution in [-0.2, 0) is 17.6 Å². The number of halogens is 1. The summed E-state index contributed by atoms with van der Waals surface area (Å²) < 4.78 is 1.52. The highest BCUT2D eigenvalue weighted by Crippen LogP contribution is 2.37. The van der Waals surface area contributed by atoms with Crippen LogP contribution in [0.4, 0.5) is 4.79 Å². The molecule has 0 spiro atoms. The van der Waals surface area contributed by atoms with Gasteiger partial charge in [0.15, 0.2) is 5.16 Å². The zero-order valence-electron chi connectivity index (χ0n) is 18.0. The van der Waals surface area contributed by atoms with Crippen molar-refractivity contribution >= 4 is 56.9 Å². The Kier molecular flexibility index (Phi) is 6.60. The van der Waals surface area contributed by atoms with Crippen molar-refractivity contribution in [2.24, 2.45) is 5.92 Å². The molecule has 3 aromatic rings. The van der Waals surface area contributed by atoms with Gasteiger partial charge in [-0.3, -0.25) is 19.5 Å². The number of thiophene rings is 1. The lowest BCUT2D eigenvalue weighted by molar-refractivity contribution is -0.117. The van der Waals surface area contributed by atoms with Crippen molar-refractivity contribution in [3.05, 3.63) is 49.6 Å². The van der Waals surface area contributed by atoms with Crippen molar-refractivity contribution in [2.45, 2.75) is 38.3 Å². The predicted molar refractivity (Wildman–Crippen MR) is 129 cm³/mol. The van der Waals surface area contributed by atoms with Crippen LogP contribution < -0.4 is 16.2 Å². The molecule has 0 bridgehead atoms. The summed E-state index contributed by atoms with van der Waals surface area (Å²) in [7, 11) is 1.43. The lowest BCUT2D eigenvalue weighted by Crippen LogP contribution is -2.38. The van der Waals surface area contributed by atoms with E-state index in [0.29, 0.717) is 32.0 Å². The van der Waals surface area contributed by atoms with Gasteiger partial charge in [-0.05, 0) is 55.4 Å². The molecule has 3 amide bonds. The van der Waals surface area contributed by atoms with Gasteiger partial charge in [0.1, 0.15) is 4.83 Å². The normalized spacial score (nSPS) is 15.4. The molecule has 2 aromatic heterocycles. The molecular formula is C22H23ClN4O3S2. The number of aromatic nitrogens is 2. The molecule has 1 unspecified atom stereocenters. The average molecular weight is 491 g/mol. The van der Waals surface area contributed by atoms with E-state index >= 15 is 0 Å². The third kappa shape index (κ3) is 4.42. The van der Waals surface area contributed by atoms with Gasteiger partial charge in [0.05, 0.1) is 16.8 Å². The fraction of sp³-hybridized carbons (Fsp3) is 0.364. The molecule has 1 aromatic carbocycles. The molecule has 0 radical (unpaired) electrons. The zero-order chi connectivity index (χ0) is 23.0. The molecule has 1 aliphatic rings. The number of urea groups is 1. The Hall–Kier alpha value is -2.36. The van der Waals surface area contributed by atoms with E-state index in [1.54, 1.807) is 17.4 Å². The van der Waals surface area contributed by atoms with Crippen molar-refractivity contribution in [1.82, 2.24) is 20.2 Å². The van der Waals surface area contributed by atoms with Crippen molar-refractivity contribution in [2.75, 3.05) is 12.8 Å². The Balaban J connectivity index is 1.83. The number of hydrogen-bond acceptors (Lipinski definition) is 6. The quantitative estimate of drug-likeness (QED) is 0.424. The predicted octanol–water partition coefficient (Wildman–Crippen LogP) is 4.08. The van der Waals surface area contributed by atoms with Crippen molar-refractivity contribution in [1.29, 1.82) is 0 Å². The van der Waals surface area contributed by atoms with E-state index in [1.165, 1.54) is 16.5 Å². The number of benzene rings is 1. The summed E-state index contributed by atoms with van der Waals surface area (Å²) in [5.41, 5.74) is 2.44. The largest absolute Gasteiger partial charge is 0.341 e. The van der Waals surface area contributed by atoms with Gasteiger partial charge in [-0.1, -0.05) is 36.4 Å². The fourth-order valence-electron chi connectivity index (χ4n) is 3.77. The maximum Gasteiger partial charge on any atom is 0.321 e. The van der Waals surface area contributed by atoms with Crippen molar-refractivity contribution < 1.29 is 9.59 Å². The van der Waals surface area contributed by atoms with E-state index in [2.05, 4.69) is 17.6 Å². The summed E-state index contributed by atoms with van der Waals surface area (Å²) in [6.45, 7) is 4.12. The molecule has 0 saturated heterocycles. The number of nitrogens with zero attached hydrogens (tertiary/aromatic N) is 2. The minimum Gasteiger partial charge on any atom is -0.341 e. The minimum absolute atomic E-state index is 0.0624. The van der Waals surface area contributed by atoms with Gasteiger partial charge in [0, 0.05) is 16.9 Å². The number of amides is 3. The summed E-state index contributed by atoms with van der Waals surface area (Å²) in [5, 5.41) is 6.17. The smallest absolute Gasteiger partial charge is 0.321 e. The van der Waals surface area contributed by atoms with Gasteiger partial charge in [-0.15, -0.1) is 11.3 Å². The lowest BCUT2D eigenvalue weighted by atomic mass is 9.89. The Morgan fingerprint density at radius 3 is 2.88 bits per heavy atom. The number of rotatable bonds is 4. The molecule has 0 aliphatic heterocycles. The Morgan fingerprint density at radius 1 is 1.38 bits per heavy atom. The third-order valence-electron chi connectivity index (χ3n) is 5.52. The van der Waals surface area contributed by atoms with E-state index in [4.69, 9.17) is 16.6 Å². The summed E-state index contributed by atoms with van der Waals surface area (Å²) in [4.78, 5) is 44.0. The van der Waals surface area contributed by atoms with Crippen LogP contribution >= 0.6 is 34.7 Å². The van der Waals surface area contributed by atoms with E-state index < -0.39 is 11.9 Å². The van der Waals surface area contributed by atoms with Crippen LogP contribution in [0.25, 0.3) is 15.9 Å². The standard InChI is InChI=1S/C22H23ClN4O3S2/c1-11-4-7-14-16(8-11)32-19-18(14)20(29)27(13-6-5-12(2)15(23)9-13)22(26-19)31-10-17(28)25-21(30)24-3/h5-6,9,11H,4,7-8,10H2,1-3H3,(H2,24,25,28,30).